The second-order valence-corrected chi connectivity index (χ2v) is 12.6. The molecular formula is C44H28N10O2. The number of nitrogens with zero attached hydrogens (tertiary/aromatic N) is 10. The van der Waals surface area contributed by atoms with Gasteiger partial charge in [-0.3, -0.25) is 48.2 Å². The maximum absolute atomic E-state index is 6.32. The van der Waals surface area contributed by atoms with Crippen molar-refractivity contribution in [1.29, 1.82) is 0 Å². The summed E-state index contributed by atoms with van der Waals surface area (Å²) in [6.45, 7) is 0. The molecule has 0 amide bonds. The summed E-state index contributed by atoms with van der Waals surface area (Å²) in [5, 5.41) is 0. The Bertz CT molecular complexity index is 2800. The van der Waals surface area contributed by atoms with Gasteiger partial charge in [-0.25, -0.2) is 0 Å². The lowest BCUT2D eigenvalue weighted by atomic mass is 10.2. The zero-order chi connectivity index (χ0) is 37.3. The van der Waals surface area contributed by atoms with Gasteiger partial charge in [-0.15, -0.1) is 0 Å². The Kier molecular flexibility index (Phi) is 8.15. The van der Waals surface area contributed by atoms with Crippen molar-refractivity contribution < 1.29 is 18.6 Å². The van der Waals surface area contributed by atoms with Crippen molar-refractivity contribution >= 4 is 22.1 Å². The molecule has 8 heterocycles. The molecule has 0 unspecified atom stereocenters. The van der Waals surface area contributed by atoms with Crippen LogP contribution in [-0.2, 0) is 0 Å². The fraction of sp³-hybridized carbons (Fsp3) is 0. The summed E-state index contributed by atoms with van der Waals surface area (Å²) in [6.07, 6.45) is 20.6. The van der Waals surface area contributed by atoms with E-state index in [2.05, 4.69) is 42.6 Å². The van der Waals surface area contributed by atoms with E-state index in [0.717, 1.165) is 45.1 Å². The van der Waals surface area contributed by atoms with Crippen LogP contribution in [0.3, 0.4) is 0 Å². The molecule has 0 bridgehead atoms. The van der Waals surface area contributed by atoms with E-state index in [9.17, 15) is 0 Å². The number of ether oxygens (including phenoxy) is 2. The van der Waals surface area contributed by atoms with Gasteiger partial charge in [-0.1, -0.05) is 60.7 Å². The zero-order valence-corrected chi connectivity index (χ0v) is 29.5. The summed E-state index contributed by atoms with van der Waals surface area (Å²) in [7, 11) is 0. The molecule has 56 heavy (non-hydrogen) atoms. The van der Waals surface area contributed by atoms with Gasteiger partial charge in [0.15, 0.2) is 11.6 Å². The van der Waals surface area contributed by atoms with Gasteiger partial charge < -0.3 is 9.47 Å². The normalized spacial score (nSPS) is 11.2. The topological polar surface area (TPSA) is 113 Å². The molecule has 10 aromatic rings. The number of fused-ring (bicyclic) bond motifs is 2. The lowest BCUT2D eigenvalue weighted by molar-refractivity contribution is -0.573. The summed E-state index contributed by atoms with van der Waals surface area (Å²) in [4.78, 5) is 27.2. The summed E-state index contributed by atoms with van der Waals surface area (Å²) in [6, 6.07) is 38.8. The van der Waals surface area contributed by atoms with Gasteiger partial charge in [0.1, 0.15) is 23.0 Å². The first-order valence-electron chi connectivity index (χ1n) is 17.6. The highest BCUT2D eigenvalue weighted by atomic mass is 16.5. The molecule has 0 fully saturated rings. The van der Waals surface area contributed by atoms with E-state index in [1.165, 1.54) is 0 Å². The smallest absolute Gasteiger partial charge is 0.271 e. The van der Waals surface area contributed by atoms with Crippen LogP contribution in [-0.4, -0.2) is 39.0 Å². The molecule has 8 aromatic heterocycles. The largest absolute Gasteiger partial charge is 0.456 e. The average molecular weight is 729 g/mol. The number of hydrogen-bond donors (Lipinski definition) is 0. The number of imidazole rings is 2. The molecule has 0 aliphatic rings. The van der Waals surface area contributed by atoms with Crippen molar-refractivity contribution in [1.82, 2.24) is 39.0 Å². The fourth-order valence-corrected chi connectivity index (χ4v) is 6.49. The second-order valence-electron chi connectivity index (χ2n) is 12.6. The molecule has 0 aliphatic carbocycles. The summed E-state index contributed by atoms with van der Waals surface area (Å²) in [5.74, 6) is 3.76. The molecule has 0 saturated heterocycles. The summed E-state index contributed by atoms with van der Waals surface area (Å²) < 4.78 is 20.4. The highest BCUT2D eigenvalue weighted by Gasteiger charge is 2.16. The van der Waals surface area contributed by atoms with Gasteiger partial charge in [0, 0.05) is 49.3 Å². The Morgan fingerprint density at radius 2 is 0.893 bits per heavy atom. The van der Waals surface area contributed by atoms with Crippen LogP contribution in [0.1, 0.15) is 0 Å². The van der Waals surface area contributed by atoms with Crippen LogP contribution in [0.15, 0.2) is 171 Å². The van der Waals surface area contributed by atoms with Crippen LogP contribution in [0, 0.1) is 12.7 Å². The van der Waals surface area contributed by atoms with Crippen molar-refractivity contribution in [2.75, 3.05) is 0 Å². The molecule has 10 rings (SSSR count). The summed E-state index contributed by atoms with van der Waals surface area (Å²) >= 11 is 0. The molecule has 2 aromatic carbocycles. The average Bonchev–Trinajstić information content (AvgIpc) is 3.85. The number of hydrogen-bond acceptors (Lipinski definition) is 8. The van der Waals surface area contributed by atoms with Crippen LogP contribution in [0.4, 0.5) is 0 Å². The van der Waals surface area contributed by atoms with Gasteiger partial charge in [0.25, 0.3) is 12.7 Å². The van der Waals surface area contributed by atoms with Crippen LogP contribution in [0.2, 0.25) is 0 Å². The third kappa shape index (κ3) is 6.22. The third-order valence-corrected chi connectivity index (χ3v) is 8.99. The maximum atomic E-state index is 6.32. The van der Waals surface area contributed by atoms with Gasteiger partial charge >= 0.3 is 0 Å². The molecule has 12 heteroatoms. The standard InChI is InChI=1S/C44H28N10O2/c1-3-11-41-39(9-1)51(29-53(41)43-13-5-7-17-49-43)31-21-35(27-45-25-31)55-33-15-19-47-37(23-33)38-24-34(16-20-48-38)56-36-22-32(26-46-28-36)52-30-54(44-14-6-8-18-50-44)42-12-4-2-10-40(42)52/h1-28H. The lowest BCUT2D eigenvalue weighted by Gasteiger charge is -2.10. The summed E-state index contributed by atoms with van der Waals surface area (Å²) in [5.41, 5.74) is 6.59. The van der Waals surface area contributed by atoms with Crippen molar-refractivity contribution in [3.63, 3.8) is 0 Å². The maximum Gasteiger partial charge on any atom is 0.271 e. The minimum Gasteiger partial charge on any atom is -0.456 e. The second kappa shape index (κ2) is 14.0. The monoisotopic (exact) mass is 728 g/mol. The van der Waals surface area contributed by atoms with Crippen LogP contribution in [0.5, 0.6) is 23.0 Å². The van der Waals surface area contributed by atoms with E-state index < -0.39 is 0 Å². The Hall–Kier alpha value is -8.12. The van der Waals surface area contributed by atoms with Crippen molar-refractivity contribution in [2.24, 2.45) is 0 Å². The van der Waals surface area contributed by atoms with E-state index in [4.69, 9.17) is 9.47 Å². The predicted octanol–water partition coefficient (Wildman–Crippen LogP) is 7.35. The Morgan fingerprint density at radius 1 is 0.429 bits per heavy atom. The first-order chi connectivity index (χ1) is 27.7. The number of para-hydroxylation sites is 4. The van der Waals surface area contributed by atoms with Crippen LogP contribution < -0.4 is 18.6 Å². The SMILES string of the molecule is [c-]1n(-c2ccccn2)c2ccccc2[n+]1-c1cncc(Oc2ccnc(-c3cc(Oc4cncc(-[n+]5[c-]n(-c6ccccn6)c6ccccc65)c4)ccn3)c2)c1. The lowest BCUT2D eigenvalue weighted by Crippen LogP contribution is -2.29. The molecular weight excluding hydrogens is 701 g/mol. The number of pyridine rings is 6. The first kappa shape index (κ1) is 32.5. The van der Waals surface area contributed by atoms with E-state index in [1.807, 2.05) is 127 Å². The van der Waals surface area contributed by atoms with Gasteiger partial charge in [-0.2, -0.15) is 0 Å². The van der Waals surface area contributed by atoms with Crippen LogP contribution in [0.25, 0.3) is 56.5 Å². The molecule has 0 aliphatic heterocycles. The first-order valence-corrected chi connectivity index (χ1v) is 17.6. The van der Waals surface area contributed by atoms with Crippen molar-refractivity contribution in [3.05, 3.63) is 184 Å². The highest BCUT2D eigenvalue weighted by molar-refractivity contribution is 5.75. The molecule has 266 valence electrons. The minimum absolute atomic E-state index is 0.547. The molecule has 0 N–H and O–H groups in total. The Morgan fingerprint density at radius 3 is 1.36 bits per heavy atom. The van der Waals surface area contributed by atoms with Gasteiger partial charge in [-0.05, 0) is 48.5 Å². The van der Waals surface area contributed by atoms with Crippen molar-refractivity contribution in [3.8, 4) is 57.4 Å². The van der Waals surface area contributed by atoms with Gasteiger partial charge in [0.2, 0.25) is 0 Å². The van der Waals surface area contributed by atoms with Gasteiger partial charge in [0.05, 0.1) is 57.2 Å². The molecule has 0 atom stereocenters. The highest BCUT2D eigenvalue weighted by Crippen LogP contribution is 2.29. The fourth-order valence-electron chi connectivity index (χ4n) is 6.49. The zero-order valence-electron chi connectivity index (χ0n) is 29.5. The molecule has 0 saturated carbocycles. The third-order valence-electron chi connectivity index (χ3n) is 8.99. The molecule has 0 spiro atoms. The number of rotatable bonds is 9. The van der Waals surface area contributed by atoms with E-state index in [-0.39, 0.29) is 0 Å². The minimum atomic E-state index is 0.547. The number of aromatic nitrogens is 10. The molecule has 0 radical (unpaired) electrons. The van der Waals surface area contributed by atoms with Crippen LogP contribution >= 0.6 is 0 Å². The van der Waals surface area contributed by atoms with E-state index in [1.54, 1.807) is 61.7 Å². The van der Waals surface area contributed by atoms with E-state index in [0.29, 0.717) is 34.4 Å². The van der Waals surface area contributed by atoms with E-state index >= 15 is 0 Å². The Labute approximate surface area is 319 Å². The predicted molar refractivity (Wildman–Crippen MR) is 206 cm³/mol. The number of benzene rings is 2. The molecule has 12 nitrogen and oxygen atoms in total. The van der Waals surface area contributed by atoms with Crippen molar-refractivity contribution in [2.45, 2.75) is 0 Å². The Balaban J connectivity index is 0.901. The quantitative estimate of drug-likeness (QED) is 0.112.